The predicted octanol–water partition coefficient (Wildman–Crippen LogP) is 1.40. The molecule has 0 aromatic carbocycles. The van der Waals surface area contributed by atoms with Crippen molar-refractivity contribution in [3.8, 4) is 0 Å². The maximum atomic E-state index is 13.5. The molecule has 1 aliphatic rings. The summed E-state index contributed by atoms with van der Waals surface area (Å²) in [5.41, 5.74) is 4.22. The van der Waals surface area contributed by atoms with Crippen LogP contribution in [0.4, 0.5) is 0 Å². The van der Waals surface area contributed by atoms with Crippen LogP contribution in [0, 0.1) is 0 Å². The third-order valence-electron chi connectivity index (χ3n) is 5.04. The summed E-state index contributed by atoms with van der Waals surface area (Å²) in [5, 5.41) is 12.3. The number of pyridine rings is 1. The molecular weight excluding hydrogens is 360 g/mol. The molecule has 28 heavy (non-hydrogen) atoms. The minimum Gasteiger partial charge on any atom is -0.481 e. The molecule has 2 heterocycles. The first kappa shape index (κ1) is 21.8. The fraction of sp³-hybridized carbons (Fsp3) is 0.600. The van der Waals surface area contributed by atoms with Gasteiger partial charge in [-0.15, -0.1) is 0 Å². The van der Waals surface area contributed by atoms with Gasteiger partial charge in [0.2, 0.25) is 5.91 Å². The van der Waals surface area contributed by atoms with Gasteiger partial charge in [0.05, 0.1) is 6.42 Å². The third-order valence-corrected chi connectivity index (χ3v) is 5.04. The van der Waals surface area contributed by atoms with Crippen molar-refractivity contribution in [2.24, 2.45) is 5.73 Å². The van der Waals surface area contributed by atoms with Gasteiger partial charge in [-0.2, -0.15) is 0 Å². The van der Waals surface area contributed by atoms with Crippen LogP contribution in [0.5, 0.6) is 0 Å². The Labute approximate surface area is 165 Å². The summed E-state index contributed by atoms with van der Waals surface area (Å²) in [6, 6.07) is 3.29. The van der Waals surface area contributed by atoms with Crippen LogP contribution in [0.2, 0.25) is 0 Å². The largest absolute Gasteiger partial charge is 0.481 e. The molecule has 0 radical (unpaired) electrons. The van der Waals surface area contributed by atoms with Crippen LogP contribution in [0.25, 0.3) is 0 Å². The van der Waals surface area contributed by atoms with E-state index in [4.69, 9.17) is 5.73 Å². The van der Waals surface area contributed by atoms with Crippen LogP contribution >= 0.6 is 0 Å². The number of nitrogens with one attached hydrogen (secondary N) is 1. The minimum atomic E-state index is -1.65. The number of carboxylic acids is 1. The van der Waals surface area contributed by atoms with Crippen LogP contribution < -0.4 is 11.1 Å². The smallest absolute Gasteiger partial charge is 0.306 e. The van der Waals surface area contributed by atoms with Gasteiger partial charge in [-0.1, -0.05) is 12.5 Å². The highest BCUT2D eigenvalue weighted by molar-refractivity contribution is 5.95. The number of carbonyl (C=O) groups excluding carboxylic acids is 2. The van der Waals surface area contributed by atoms with Crippen molar-refractivity contribution in [1.29, 1.82) is 0 Å². The third kappa shape index (κ3) is 5.76. The summed E-state index contributed by atoms with van der Waals surface area (Å²) >= 11 is 0. The summed E-state index contributed by atoms with van der Waals surface area (Å²) in [7, 11) is 0. The molecule has 0 spiro atoms. The lowest BCUT2D eigenvalue weighted by Gasteiger charge is -2.38. The van der Waals surface area contributed by atoms with Gasteiger partial charge in [0.15, 0.2) is 5.54 Å². The Balaban J connectivity index is 2.32. The van der Waals surface area contributed by atoms with Crippen LogP contribution in [0.15, 0.2) is 24.5 Å². The van der Waals surface area contributed by atoms with E-state index in [0.29, 0.717) is 31.6 Å². The fourth-order valence-corrected chi connectivity index (χ4v) is 3.59. The Bertz CT molecular complexity index is 661. The highest BCUT2D eigenvalue weighted by Gasteiger charge is 2.46. The molecule has 1 atom stereocenters. The lowest BCUT2D eigenvalue weighted by molar-refractivity contribution is -0.150. The Kier molecular flexibility index (Phi) is 8.38. The highest BCUT2D eigenvalue weighted by Crippen LogP contribution is 2.29. The molecule has 4 N–H and O–H groups in total. The first-order chi connectivity index (χ1) is 13.5. The Morgan fingerprint density at radius 3 is 2.54 bits per heavy atom. The maximum absolute atomic E-state index is 13.5. The van der Waals surface area contributed by atoms with E-state index < -0.39 is 17.9 Å². The Morgan fingerprint density at radius 1 is 1.18 bits per heavy atom. The van der Waals surface area contributed by atoms with E-state index in [2.05, 4.69) is 10.3 Å². The number of aliphatic carboxylic acids is 1. The monoisotopic (exact) mass is 390 g/mol. The zero-order valence-electron chi connectivity index (χ0n) is 16.2. The molecule has 1 aromatic heterocycles. The summed E-state index contributed by atoms with van der Waals surface area (Å²) < 4.78 is 0. The number of nitrogens with zero attached hydrogens (tertiary/aromatic N) is 2. The van der Waals surface area contributed by atoms with E-state index in [1.54, 1.807) is 23.2 Å². The van der Waals surface area contributed by atoms with Crippen molar-refractivity contribution < 1.29 is 19.5 Å². The molecule has 8 nitrogen and oxygen atoms in total. The summed E-state index contributed by atoms with van der Waals surface area (Å²) in [4.78, 5) is 43.5. The second kappa shape index (κ2) is 10.8. The first-order valence-corrected chi connectivity index (χ1v) is 9.92. The van der Waals surface area contributed by atoms with Crippen molar-refractivity contribution in [2.45, 2.75) is 56.9 Å². The Morgan fingerprint density at radius 2 is 1.93 bits per heavy atom. The molecule has 1 unspecified atom stereocenters. The topological polar surface area (TPSA) is 126 Å². The second-order valence-corrected chi connectivity index (χ2v) is 7.22. The summed E-state index contributed by atoms with van der Waals surface area (Å²) in [6.45, 7) is 1.69. The standard InChI is InChI=1S/C20H30N4O4/c21-10-4-1-3-9-17(25)23-20(14-18(26)27,16-8-7-11-22-15-16)19(28)24-12-5-2-6-13-24/h7-8,11,15H,1-6,9-10,12-14,21H2,(H,23,25)(H,26,27). The highest BCUT2D eigenvalue weighted by atomic mass is 16.4. The number of hydrogen-bond acceptors (Lipinski definition) is 5. The average molecular weight is 390 g/mol. The van der Waals surface area contributed by atoms with Crippen LogP contribution in [0.1, 0.15) is 56.9 Å². The Hall–Kier alpha value is -2.48. The molecule has 1 fully saturated rings. The van der Waals surface area contributed by atoms with Gasteiger partial charge in [0.1, 0.15) is 0 Å². The SMILES string of the molecule is NCCCCCC(=O)NC(CC(=O)O)(C(=O)N1CCCCC1)c1cccnc1. The molecule has 1 aliphatic heterocycles. The van der Waals surface area contributed by atoms with E-state index >= 15 is 0 Å². The van der Waals surface area contributed by atoms with Gasteiger partial charge in [-0.05, 0) is 44.7 Å². The quantitative estimate of drug-likeness (QED) is 0.519. The van der Waals surface area contributed by atoms with Crippen molar-refractivity contribution in [3.05, 3.63) is 30.1 Å². The van der Waals surface area contributed by atoms with Crippen molar-refractivity contribution in [2.75, 3.05) is 19.6 Å². The van der Waals surface area contributed by atoms with Crippen LogP contribution in [0.3, 0.4) is 0 Å². The number of unbranched alkanes of at least 4 members (excludes halogenated alkanes) is 2. The van der Waals surface area contributed by atoms with E-state index in [-0.39, 0.29) is 18.2 Å². The lowest BCUT2D eigenvalue weighted by atomic mass is 9.85. The molecule has 2 rings (SSSR count). The molecule has 154 valence electrons. The van der Waals surface area contributed by atoms with Crippen molar-refractivity contribution in [1.82, 2.24) is 15.2 Å². The average Bonchev–Trinajstić information content (AvgIpc) is 2.71. The number of carbonyl (C=O) groups is 3. The summed E-state index contributed by atoms with van der Waals surface area (Å²) in [6.07, 6.45) is 7.74. The van der Waals surface area contributed by atoms with Crippen LogP contribution in [-0.4, -0.2) is 52.4 Å². The van der Waals surface area contributed by atoms with Crippen LogP contribution in [-0.2, 0) is 19.9 Å². The molecule has 0 bridgehead atoms. The number of nitrogens with two attached hydrogens (primary N) is 1. The zero-order chi connectivity index (χ0) is 20.4. The van der Waals surface area contributed by atoms with Gasteiger partial charge in [0.25, 0.3) is 5.91 Å². The van der Waals surface area contributed by atoms with E-state index in [1.165, 1.54) is 6.20 Å². The number of rotatable bonds is 10. The maximum Gasteiger partial charge on any atom is 0.306 e. The van der Waals surface area contributed by atoms with Crippen molar-refractivity contribution in [3.63, 3.8) is 0 Å². The number of amides is 2. The van der Waals surface area contributed by atoms with E-state index in [0.717, 1.165) is 32.1 Å². The lowest BCUT2D eigenvalue weighted by Crippen LogP contribution is -2.59. The molecule has 2 amide bonds. The van der Waals surface area contributed by atoms with E-state index in [1.807, 2.05) is 0 Å². The van der Waals surface area contributed by atoms with Crippen molar-refractivity contribution >= 4 is 17.8 Å². The number of hydrogen-bond donors (Lipinski definition) is 3. The fourth-order valence-electron chi connectivity index (χ4n) is 3.59. The number of piperidine rings is 1. The van der Waals surface area contributed by atoms with E-state index in [9.17, 15) is 19.5 Å². The molecule has 1 saturated heterocycles. The molecule has 0 saturated carbocycles. The molecule has 8 heteroatoms. The second-order valence-electron chi connectivity index (χ2n) is 7.22. The zero-order valence-corrected chi connectivity index (χ0v) is 16.2. The first-order valence-electron chi connectivity index (χ1n) is 9.92. The molecular formula is C20H30N4O4. The number of aromatic nitrogens is 1. The van der Waals surface area contributed by atoms with Gasteiger partial charge >= 0.3 is 5.97 Å². The molecule has 1 aromatic rings. The van der Waals surface area contributed by atoms with Gasteiger partial charge in [-0.3, -0.25) is 19.4 Å². The number of carboxylic acid groups (broad SMARTS) is 1. The predicted molar refractivity (Wildman–Crippen MR) is 104 cm³/mol. The normalized spacial score (nSPS) is 16.2. The minimum absolute atomic E-state index is 0.217. The van der Waals surface area contributed by atoms with Gasteiger partial charge < -0.3 is 21.1 Å². The molecule has 0 aliphatic carbocycles. The van der Waals surface area contributed by atoms with Gasteiger partial charge in [-0.25, -0.2) is 0 Å². The number of likely N-dealkylation sites (tertiary alicyclic amines) is 1. The van der Waals surface area contributed by atoms with Gasteiger partial charge in [0, 0.05) is 37.5 Å². The summed E-state index contributed by atoms with van der Waals surface area (Å²) in [5.74, 6) is -1.87.